The highest BCUT2D eigenvalue weighted by Gasteiger charge is 2.14. The van der Waals surface area contributed by atoms with E-state index in [4.69, 9.17) is 0 Å². The molecule has 0 saturated carbocycles. The van der Waals surface area contributed by atoms with Gasteiger partial charge in [0.1, 0.15) is 5.82 Å². The van der Waals surface area contributed by atoms with Crippen LogP contribution in [0.3, 0.4) is 0 Å². The van der Waals surface area contributed by atoms with Crippen LogP contribution >= 0.6 is 0 Å². The molecule has 0 aromatic carbocycles. The number of aromatic nitrogens is 3. The molecule has 1 N–H and O–H groups in total. The number of fused-ring (bicyclic) bond motifs is 1. The summed E-state index contributed by atoms with van der Waals surface area (Å²) in [6.45, 7) is 4.45. The van der Waals surface area contributed by atoms with Crippen LogP contribution in [0.25, 0.3) is 5.65 Å². The van der Waals surface area contributed by atoms with Gasteiger partial charge >= 0.3 is 0 Å². The Labute approximate surface area is 125 Å². The largest absolute Gasteiger partial charge is 0.369 e. The van der Waals surface area contributed by atoms with Crippen LogP contribution < -0.4 is 5.32 Å². The number of sulfonamides is 1. The van der Waals surface area contributed by atoms with Crippen LogP contribution in [-0.2, 0) is 10.0 Å². The SMILES string of the molecule is CC(C)c1cc(NCCS(=O)(=O)N(C)C)n2nccc2n1. The summed E-state index contributed by atoms with van der Waals surface area (Å²) in [4.78, 5) is 4.51. The molecule has 2 aromatic rings. The lowest BCUT2D eigenvalue weighted by Gasteiger charge is -2.14. The van der Waals surface area contributed by atoms with Crippen molar-refractivity contribution in [2.45, 2.75) is 19.8 Å². The zero-order valence-electron chi connectivity index (χ0n) is 12.7. The van der Waals surface area contributed by atoms with E-state index in [1.165, 1.54) is 18.4 Å². The van der Waals surface area contributed by atoms with Gasteiger partial charge in [0.05, 0.1) is 11.9 Å². The maximum atomic E-state index is 11.8. The van der Waals surface area contributed by atoms with E-state index in [0.29, 0.717) is 6.54 Å². The van der Waals surface area contributed by atoms with Crippen LogP contribution in [0.15, 0.2) is 18.3 Å². The van der Waals surface area contributed by atoms with E-state index in [2.05, 4.69) is 29.2 Å². The average Bonchev–Trinajstić information content (AvgIpc) is 2.86. The highest BCUT2D eigenvalue weighted by molar-refractivity contribution is 7.89. The molecule has 2 heterocycles. The van der Waals surface area contributed by atoms with Crippen molar-refractivity contribution in [1.29, 1.82) is 0 Å². The van der Waals surface area contributed by atoms with Crippen molar-refractivity contribution in [3.63, 3.8) is 0 Å². The molecule has 0 aliphatic heterocycles. The van der Waals surface area contributed by atoms with E-state index in [1.54, 1.807) is 10.7 Å². The van der Waals surface area contributed by atoms with Gasteiger partial charge in [0.25, 0.3) is 0 Å². The first kappa shape index (κ1) is 15.7. The molecule has 0 aliphatic carbocycles. The van der Waals surface area contributed by atoms with Crippen molar-refractivity contribution < 1.29 is 8.42 Å². The van der Waals surface area contributed by atoms with Crippen LogP contribution in [0.5, 0.6) is 0 Å². The molecule has 21 heavy (non-hydrogen) atoms. The lowest BCUT2D eigenvalue weighted by molar-refractivity contribution is 0.521. The maximum Gasteiger partial charge on any atom is 0.215 e. The monoisotopic (exact) mass is 311 g/mol. The number of anilines is 1. The van der Waals surface area contributed by atoms with Crippen molar-refractivity contribution >= 4 is 21.5 Å². The highest BCUT2D eigenvalue weighted by Crippen LogP contribution is 2.18. The van der Waals surface area contributed by atoms with E-state index in [9.17, 15) is 8.42 Å². The van der Waals surface area contributed by atoms with E-state index >= 15 is 0 Å². The number of hydrogen-bond acceptors (Lipinski definition) is 5. The molecular formula is C13H21N5O2S. The first-order valence-electron chi connectivity index (χ1n) is 6.80. The van der Waals surface area contributed by atoms with Gasteiger partial charge < -0.3 is 5.32 Å². The zero-order valence-corrected chi connectivity index (χ0v) is 13.6. The van der Waals surface area contributed by atoms with Gasteiger partial charge in [0.2, 0.25) is 10.0 Å². The van der Waals surface area contributed by atoms with Crippen LogP contribution in [0.2, 0.25) is 0 Å². The molecule has 116 valence electrons. The first-order chi connectivity index (χ1) is 9.81. The Kier molecular flexibility index (Phi) is 4.48. The third-order valence-corrected chi connectivity index (χ3v) is 5.03. The Morgan fingerprint density at radius 1 is 1.38 bits per heavy atom. The zero-order chi connectivity index (χ0) is 15.6. The van der Waals surface area contributed by atoms with Gasteiger partial charge in [-0.25, -0.2) is 17.7 Å². The van der Waals surface area contributed by atoms with Gasteiger partial charge in [-0.3, -0.25) is 0 Å². The molecular weight excluding hydrogens is 290 g/mol. The predicted molar refractivity (Wildman–Crippen MR) is 83.0 cm³/mol. The number of nitrogens with zero attached hydrogens (tertiary/aromatic N) is 4. The van der Waals surface area contributed by atoms with Crippen molar-refractivity contribution in [3.05, 3.63) is 24.0 Å². The summed E-state index contributed by atoms with van der Waals surface area (Å²) in [6.07, 6.45) is 1.67. The quantitative estimate of drug-likeness (QED) is 0.866. The molecule has 0 radical (unpaired) electrons. The van der Waals surface area contributed by atoms with Gasteiger partial charge in [-0.1, -0.05) is 13.8 Å². The van der Waals surface area contributed by atoms with Crippen LogP contribution in [0, 0.1) is 0 Å². The van der Waals surface area contributed by atoms with Crippen LogP contribution in [-0.4, -0.2) is 53.7 Å². The van der Waals surface area contributed by atoms with E-state index in [0.717, 1.165) is 17.2 Å². The van der Waals surface area contributed by atoms with Crippen molar-refractivity contribution in [2.75, 3.05) is 31.7 Å². The lowest BCUT2D eigenvalue weighted by Crippen LogP contribution is -2.28. The predicted octanol–water partition coefficient (Wildman–Crippen LogP) is 1.16. The fraction of sp³-hybridized carbons (Fsp3) is 0.538. The fourth-order valence-corrected chi connectivity index (χ4v) is 2.57. The molecule has 0 bridgehead atoms. The minimum absolute atomic E-state index is 0.0299. The Hall–Kier alpha value is -1.67. The molecule has 0 atom stereocenters. The highest BCUT2D eigenvalue weighted by atomic mass is 32.2. The Morgan fingerprint density at radius 2 is 2.10 bits per heavy atom. The summed E-state index contributed by atoms with van der Waals surface area (Å²) < 4.78 is 26.4. The van der Waals surface area contributed by atoms with Gasteiger partial charge in [-0.2, -0.15) is 9.61 Å². The normalized spacial score (nSPS) is 12.5. The third-order valence-electron chi connectivity index (χ3n) is 3.19. The summed E-state index contributed by atoms with van der Waals surface area (Å²) in [5, 5.41) is 7.34. The Morgan fingerprint density at radius 3 is 2.71 bits per heavy atom. The standard InChI is InChI=1S/C13H21N5O2S/c1-10(2)11-9-13(18-12(16-11)5-6-15-18)14-7-8-21(19,20)17(3)4/h5-6,9-10,14H,7-8H2,1-4H3. The number of hydrogen-bond donors (Lipinski definition) is 1. The van der Waals surface area contributed by atoms with Crippen LogP contribution in [0.4, 0.5) is 5.82 Å². The minimum atomic E-state index is -3.21. The smallest absolute Gasteiger partial charge is 0.215 e. The van der Waals surface area contributed by atoms with Crippen molar-refractivity contribution in [3.8, 4) is 0 Å². The molecule has 0 fully saturated rings. The summed E-state index contributed by atoms with van der Waals surface area (Å²) >= 11 is 0. The van der Waals surface area contributed by atoms with E-state index in [1.807, 2.05) is 12.1 Å². The molecule has 2 rings (SSSR count). The first-order valence-corrected chi connectivity index (χ1v) is 8.41. The van der Waals surface area contributed by atoms with E-state index < -0.39 is 10.0 Å². The second-order valence-electron chi connectivity index (χ2n) is 5.35. The molecule has 0 amide bonds. The summed E-state index contributed by atoms with van der Waals surface area (Å²) in [7, 11) is -0.145. The van der Waals surface area contributed by atoms with Crippen molar-refractivity contribution in [1.82, 2.24) is 18.9 Å². The van der Waals surface area contributed by atoms with Gasteiger partial charge in [0.15, 0.2) is 5.65 Å². The molecule has 7 nitrogen and oxygen atoms in total. The summed E-state index contributed by atoms with van der Waals surface area (Å²) in [5.74, 6) is 1.07. The second kappa shape index (κ2) is 5.98. The van der Waals surface area contributed by atoms with E-state index in [-0.39, 0.29) is 11.7 Å². The lowest BCUT2D eigenvalue weighted by atomic mass is 10.1. The molecule has 2 aromatic heterocycles. The Balaban J connectivity index is 2.20. The number of nitrogens with one attached hydrogen (secondary N) is 1. The maximum absolute atomic E-state index is 11.8. The molecule has 0 unspecified atom stereocenters. The minimum Gasteiger partial charge on any atom is -0.369 e. The van der Waals surface area contributed by atoms with Crippen molar-refractivity contribution in [2.24, 2.45) is 0 Å². The van der Waals surface area contributed by atoms with Crippen LogP contribution in [0.1, 0.15) is 25.5 Å². The van der Waals surface area contributed by atoms with Gasteiger partial charge in [-0.15, -0.1) is 0 Å². The van der Waals surface area contributed by atoms with Gasteiger partial charge in [0, 0.05) is 38.5 Å². The van der Waals surface area contributed by atoms with Gasteiger partial charge in [-0.05, 0) is 5.92 Å². The molecule has 0 spiro atoms. The third kappa shape index (κ3) is 3.51. The molecule has 0 aliphatic rings. The summed E-state index contributed by atoms with van der Waals surface area (Å²) in [5.41, 5.74) is 1.69. The topological polar surface area (TPSA) is 79.6 Å². The fourth-order valence-electron chi connectivity index (χ4n) is 1.84. The Bertz CT molecular complexity index is 721. The average molecular weight is 311 g/mol. The molecule has 0 saturated heterocycles. The summed E-state index contributed by atoms with van der Waals surface area (Å²) in [6, 6.07) is 3.74. The number of rotatable bonds is 6. The second-order valence-corrected chi connectivity index (χ2v) is 7.65. The molecule has 8 heteroatoms.